The van der Waals surface area contributed by atoms with Crippen molar-refractivity contribution >= 4 is 58.9 Å². The van der Waals surface area contributed by atoms with Crippen LogP contribution in [0.3, 0.4) is 0 Å². The van der Waals surface area contributed by atoms with E-state index < -0.39 is 27.5 Å². The van der Waals surface area contributed by atoms with E-state index >= 15 is 0 Å². The number of rotatable bonds is 3. The third kappa shape index (κ3) is 3.79. The lowest BCUT2D eigenvalue weighted by atomic mass is 10.2. The molecule has 0 aliphatic heterocycles. The summed E-state index contributed by atoms with van der Waals surface area (Å²) in [5.74, 6) is 0. The summed E-state index contributed by atoms with van der Waals surface area (Å²) in [6, 6.07) is 4.72. The fraction of sp³-hybridized carbons (Fsp3) is 0.0909. The zero-order valence-corrected chi connectivity index (χ0v) is 14.7. The summed E-state index contributed by atoms with van der Waals surface area (Å²) >= 11 is 6.89. The van der Waals surface area contributed by atoms with Gasteiger partial charge in [-0.25, -0.2) is 8.42 Å². The number of nitrogens with one attached hydrogen (secondary N) is 1. The molecule has 0 saturated heterocycles. The predicted octanol–water partition coefficient (Wildman–Crippen LogP) is 5.09. The number of anilines is 1. The van der Waals surface area contributed by atoms with E-state index in [0.29, 0.717) is 4.47 Å². The molecule has 0 saturated carbocycles. The van der Waals surface area contributed by atoms with Crippen molar-refractivity contribution in [3.05, 3.63) is 44.2 Å². The number of halogens is 5. The average molecular weight is 465 g/mol. The first-order valence-corrected chi connectivity index (χ1v) is 9.19. The topological polar surface area (TPSA) is 46.2 Å². The largest absolute Gasteiger partial charge is 0.418 e. The predicted molar refractivity (Wildman–Crippen MR) is 82.0 cm³/mol. The lowest BCUT2D eigenvalue weighted by Crippen LogP contribution is -2.16. The maximum atomic E-state index is 13.0. The van der Waals surface area contributed by atoms with Gasteiger partial charge in [-0.3, -0.25) is 4.72 Å². The van der Waals surface area contributed by atoms with Gasteiger partial charge in [-0.05, 0) is 45.6 Å². The Hall–Kier alpha value is -0.580. The molecule has 3 nitrogen and oxygen atoms in total. The van der Waals surface area contributed by atoms with Crippen LogP contribution in [-0.4, -0.2) is 8.42 Å². The summed E-state index contributed by atoms with van der Waals surface area (Å²) in [4.78, 5) is 0. The van der Waals surface area contributed by atoms with Crippen molar-refractivity contribution in [3.8, 4) is 0 Å². The smallest absolute Gasteiger partial charge is 0.278 e. The van der Waals surface area contributed by atoms with Crippen LogP contribution >= 0.6 is 43.2 Å². The fourth-order valence-electron chi connectivity index (χ4n) is 1.50. The number of hydrogen-bond acceptors (Lipinski definition) is 3. The summed E-state index contributed by atoms with van der Waals surface area (Å²) in [6.07, 6.45) is -4.67. The highest BCUT2D eigenvalue weighted by Crippen LogP contribution is 2.38. The van der Waals surface area contributed by atoms with E-state index in [4.69, 9.17) is 0 Å². The SMILES string of the molecule is O=S(=O)(Nc1ccc(Br)cc1C(F)(F)F)c1sccc1Br. The molecule has 1 aromatic heterocycles. The molecule has 0 unspecified atom stereocenters. The first-order valence-electron chi connectivity index (χ1n) is 5.24. The summed E-state index contributed by atoms with van der Waals surface area (Å²) in [5.41, 5.74) is -1.58. The number of thiophene rings is 1. The number of sulfonamides is 1. The van der Waals surface area contributed by atoms with Gasteiger partial charge in [0.2, 0.25) is 0 Å². The average Bonchev–Trinajstić information content (AvgIpc) is 2.77. The fourth-order valence-corrected chi connectivity index (χ4v) is 5.28. The van der Waals surface area contributed by atoms with Crippen molar-refractivity contribution in [3.63, 3.8) is 0 Å². The zero-order chi connectivity index (χ0) is 15.8. The molecule has 0 bridgehead atoms. The quantitative estimate of drug-likeness (QED) is 0.687. The molecule has 0 spiro atoms. The van der Waals surface area contributed by atoms with Gasteiger partial charge in [0.05, 0.1) is 11.3 Å². The number of hydrogen-bond donors (Lipinski definition) is 1. The molecule has 2 rings (SSSR count). The van der Waals surface area contributed by atoms with E-state index in [1.165, 1.54) is 17.5 Å². The molecule has 10 heteroatoms. The van der Waals surface area contributed by atoms with Gasteiger partial charge in [-0.1, -0.05) is 15.9 Å². The van der Waals surface area contributed by atoms with Crippen molar-refractivity contribution in [1.82, 2.24) is 0 Å². The maximum Gasteiger partial charge on any atom is 0.418 e. The van der Waals surface area contributed by atoms with Gasteiger partial charge in [0.1, 0.15) is 0 Å². The van der Waals surface area contributed by atoms with Crippen LogP contribution in [0.5, 0.6) is 0 Å². The van der Waals surface area contributed by atoms with Gasteiger partial charge >= 0.3 is 6.18 Å². The van der Waals surface area contributed by atoms with Crippen molar-refractivity contribution in [1.29, 1.82) is 0 Å². The van der Waals surface area contributed by atoms with Gasteiger partial charge in [-0.15, -0.1) is 11.3 Å². The van der Waals surface area contributed by atoms with Crippen LogP contribution < -0.4 is 4.72 Å². The molecule has 0 amide bonds. The van der Waals surface area contributed by atoms with Crippen molar-refractivity contribution in [2.24, 2.45) is 0 Å². The summed E-state index contributed by atoms with van der Waals surface area (Å²) in [6.45, 7) is 0. The Balaban J connectivity index is 2.48. The first kappa shape index (κ1) is 16.8. The highest BCUT2D eigenvalue weighted by atomic mass is 79.9. The van der Waals surface area contributed by atoms with Crippen LogP contribution in [0, 0.1) is 0 Å². The van der Waals surface area contributed by atoms with Crippen LogP contribution in [-0.2, 0) is 16.2 Å². The van der Waals surface area contributed by atoms with Crippen LogP contribution in [0.1, 0.15) is 5.56 Å². The van der Waals surface area contributed by atoms with Gasteiger partial charge < -0.3 is 0 Å². The van der Waals surface area contributed by atoms with Crippen LogP contribution in [0.4, 0.5) is 18.9 Å². The Morgan fingerprint density at radius 2 is 1.81 bits per heavy atom. The second-order valence-electron chi connectivity index (χ2n) is 3.85. The Morgan fingerprint density at radius 3 is 2.33 bits per heavy atom. The second kappa shape index (κ2) is 5.90. The minimum Gasteiger partial charge on any atom is -0.278 e. The van der Waals surface area contributed by atoms with Crippen LogP contribution in [0.2, 0.25) is 0 Å². The van der Waals surface area contributed by atoms with Crippen molar-refractivity contribution in [2.75, 3.05) is 4.72 Å². The molecule has 1 aromatic carbocycles. The molecule has 2 aromatic rings. The van der Waals surface area contributed by atoms with Gasteiger partial charge in [-0.2, -0.15) is 13.2 Å². The molecule has 21 heavy (non-hydrogen) atoms. The lowest BCUT2D eigenvalue weighted by molar-refractivity contribution is -0.136. The van der Waals surface area contributed by atoms with Gasteiger partial charge in [0, 0.05) is 8.95 Å². The van der Waals surface area contributed by atoms with E-state index in [2.05, 4.69) is 31.9 Å². The summed E-state index contributed by atoms with van der Waals surface area (Å²) in [7, 11) is -4.09. The Kier molecular flexibility index (Phi) is 4.72. The molecule has 0 radical (unpaired) electrons. The van der Waals surface area contributed by atoms with Crippen molar-refractivity contribution in [2.45, 2.75) is 10.4 Å². The van der Waals surface area contributed by atoms with E-state index in [0.717, 1.165) is 23.5 Å². The highest BCUT2D eigenvalue weighted by molar-refractivity contribution is 9.10. The molecule has 0 fully saturated rings. The molecule has 0 aliphatic rings. The Morgan fingerprint density at radius 1 is 1.14 bits per heavy atom. The molecule has 1 heterocycles. The summed E-state index contributed by atoms with van der Waals surface area (Å²) in [5, 5.41) is 1.52. The van der Waals surface area contributed by atoms with Gasteiger partial charge in [0.25, 0.3) is 10.0 Å². The number of benzene rings is 1. The molecular weight excluding hydrogens is 459 g/mol. The Labute approximate surface area is 139 Å². The third-order valence-electron chi connectivity index (χ3n) is 2.36. The Bertz CT molecular complexity index is 772. The maximum absolute atomic E-state index is 13.0. The normalized spacial score (nSPS) is 12.4. The second-order valence-corrected chi connectivity index (χ2v) is 8.41. The van der Waals surface area contributed by atoms with Crippen LogP contribution in [0.15, 0.2) is 42.8 Å². The molecular formula is C11H6Br2F3NO2S2. The molecule has 1 N–H and O–H groups in total. The zero-order valence-electron chi connectivity index (χ0n) is 9.91. The van der Waals surface area contributed by atoms with Crippen LogP contribution in [0.25, 0.3) is 0 Å². The van der Waals surface area contributed by atoms with E-state index in [1.54, 1.807) is 0 Å². The standard InChI is InChI=1S/C11H6Br2F3NO2S2/c12-6-1-2-9(7(5-6)11(14,15)16)17-21(18,19)10-8(13)3-4-20-10/h1-5,17H. The van der Waals surface area contributed by atoms with E-state index in [1.807, 2.05) is 4.72 Å². The van der Waals surface area contributed by atoms with E-state index in [-0.39, 0.29) is 8.68 Å². The number of alkyl halides is 3. The monoisotopic (exact) mass is 463 g/mol. The molecule has 114 valence electrons. The first-order chi connectivity index (χ1) is 9.61. The van der Waals surface area contributed by atoms with Crippen molar-refractivity contribution < 1.29 is 21.6 Å². The lowest BCUT2D eigenvalue weighted by Gasteiger charge is -2.14. The molecule has 0 aliphatic carbocycles. The van der Waals surface area contributed by atoms with Gasteiger partial charge in [0.15, 0.2) is 4.21 Å². The van der Waals surface area contributed by atoms with E-state index in [9.17, 15) is 21.6 Å². The highest BCUT2D eigenvalue weighted by Gasteiger charge is 2.35. The summed E-state index contributed by atoms with van der Waals surface area (Å²) < 4.78 is 65.6. The third-order valence-corrected chi connectivity index (χ3v) is 6.89. The molecule has 0 atom stereocenters. The minimum atomic E-state index is -4.67. The minimum absolute atomic E-state index is 0.0847.